The third kappa shape index (κ3) is 3.29. The normalized spacial score (nSPS) is 12.4. The lowest BCUT2D eigenvalue weighted by Gasteiger charge is -2.00. The van der Waals surface area contributed by atoms with Crippen LogP contribution in [0, 0.1) is 30.6 Å². The fraction of sp³-hybridized carbons (Fsp3) is 0.250. The number of aromatic amines is 1. The molecule has 0 saturated heterocycles. The first-order valence-corrected chi connectivity index (χ1v) is 7.92. The number of aromatic nitrogens is 3. The second-order valence-electron chi connectivity index (χ2n) is 4.75. The van der Waals surface area contributed by atoms with Crippen molar-refractivity contribution < 1.29 is 4.79 Å². The van der Waals surface area contributed by atoms with E-state index in [9.17, 15) is 14.9 Å². The fourth-order valence-electron chi connectivity index (χ4n) is 2.05. The van der Waals surface area contributed by atoms with Gasteiger partial charge in [0.05, 0.1) is 23.1 Å². The van der Waals surface area contributed by atoms with Crippen molar-refractivity contribution in [2.24, 2.45) is 0 Å². The zero-order chi connectivity index (χ0) is 17.7. The molecule has 8 heteroatoms. The van der Waals surface area contributed by atoms with Gasteiger partial charge in [-0.3, -0.25) is 14.2 Å². The maximum atomic E-state index is 12.5. The Labute approximate surface area is 142 Å². The predicted octanol–water partition coefficient (Wildman–Crippen LogP) is -0.786. The Kier molecular flexibility index (Phi) is 5.35. The van der Waals surface area contributed by atoms with Crippen LogP contribution in [0.25, 0.3) is 11.6 Å². The van der Waals surface area contributed by atoms with E-state index >= 15 is 0 Å². The Morgan fingerprint density at radius 2 is 2.38 bits per heavy atom. The molecule has 0 aliphatic heterocycles. The Balaban J connectivity index is 2.73. The summed E-state index contributed by atoms with van der Waals surface area (Å²) in [7, 11) is 0. The molecule has 2 heterocycles. The summed E-state index contributed by atoms with van der Waals surface area (Å²) in [5.41, 5.74) is 1.06. The molecule has 0 radical (unpaired) electrons. The minimum absolute atomic E-state index is 0.0111. The van der Waals surface area contributed by atoms with Crippen LogP contribution in [0.4, 0.5) is 0 Å². The number of imidazole rings is 1. The number of aryl methyl sites for hydroxylation is 1. The summed E-state index contributed by atoms with van der Waals surface area (Å²) in [6.07, 6.45) is 8.28. The molecule has 122 valence electrons. The molecule has 0 atom stereocenters. The predicted molar refractivity (Wildman–Crippen MR) is 91.3 cm³/mol. The number of nitriles is 1. The number of amides is 1. The molecule has 0 bridgehead atoms. The van der Waals surface area contributed by atoms with Crippen molar-refractivity contribution in [3.8, 4) is 18.4 Å². The van der Waals surface area contributed by atoms with E-state index in [0.717, 1.165) is 17.0 Å². The molecule has 24 heavy (non-hydrogen) atoms. The van der Waals surface area contributed by atoms with Crippen LogP contribution < -0.4 is 20.1 Å². The second kappa shape index (κ2) is 7.44. The van der Waals surface area contributed by atoms with Gasteiger partial charge < -0.3 is 10.3 Å². The number of nitrogens with one attached hydrogen (secondary N) is 2. The van der Waals surface area contributed by atoms with Gasteiger partial charge in [-0.2, -0.15) is 5.26 Å². The summed E-state index contributed by atoms with van der Waals surface area (Å²) in [6.45, 7) is 3.96. The van der Waals surface area contributed by atoms with Gasteiger partial charge in [0.2, 0.25) is 0 Å². The third-order valence-corrected chi connectivity index (χ3v) is 4.39. The molecule has 0 aliphatic carbocycles. The average molecular weight is 341 g/mol. The molecule has 0 saturated carbocycles. The number of thiazole rings is 1. The van der Waals surface area contributed by atoms with Crippen LogP contribution >= 0.6 is 11.3 Å². The van der Waals surface area contributed by atoms with Gasteiger partial charge in [-0.05, 0) is 19.9 Å². The van der Waals surface area contributed by atoms with Crippen LogP contribution in [-0.4, -0.2) is 27.0 Å². The van der Waals surface area contributed by atoms with E-state index in [1.165, 1.54) is 10.9 Å². The second-order valence-corrected chi connectivity index (χ2v) is 5.78. The number of hydrogen-bond donors (Lipinski definition) is 2. The minimum atomic E-state index is -0.596. The number of rotatable bonds is 4. The maximum Gasteiger partial charge on any atom is 0.269 e. The summed E-state index contributed by atoms with van der Waals surface area (Å²) in [5, 5.41) is 11.8. The maximum absolute atomic E-state index is 12.5. The monoisotopic (exact) mass is 341 g/mol. The van der Waals surface area contributed by atoms with Crippen molar-refractivity contribution in [3.05, 3.63) is 37.3 Å². The van der Waals surface area contributed by atoms with Gasteiger partial charge in [0, 0.05) is 12.2 Å². The molecule has 0 fully saturated rings. The molecule has 2 rings (SSSR count). The van der Waals surface area contributed by atoms with Gasteiger partial charge >= 0.3 is 0 Å². The van der Waals surface area contributed by atoms with Gasteiger partial charge in [0.25, 0.3) is 11.5 Å². The lowest BCUT2D eigenvalue weighted by molar-refractivity contribution is -0.115. The molecule has 2 aromatic rings. The Bertz CT molecular complexity index is 1030. The smallest absolute Gasteiger partial charge is 0.269 e. The van der Waals surface area contributed by atoms with Crippen LogP contribution in [0.3, 0.4) is 0 Å². The van der Waals surface area contributed by atoms with Crippen LogP contribution in [0.15, 0.2) is 11.1 Å². The summed E-state index contributed by atoms with van der Waals surface area (Å²) >= 11 is 1.08. The number of carbonyl (C=O) groups is 1. The summed E-state index contributed by atoms with van der Waals surface area (Å²) in [5.74, 6) is 1.68. The molecule has 7 nitrogen and oxygen atoms in total. The van der Waals surface area contributed by atoms with E-state index in [1.54, 1.807) is 13.0 Å². The first kappa shape index (κ1) is 17.3. The molecule has 0 spiro atoms. The SMILES string of the molecule is C#CCNC(=O)/C(C#N)=c1\s/c(=C\c2nc[nH]c2C)c(=O)n1CC. The van der Waals surface area contributed by atoms with Crippen LogP contribution in [0.1, 0.15) is 18.3 Å². The highest BCUT2D eigenvalue weighted by molar-refractivity contribution is 7.07. The van der Waals surface area contributed by atoms with Crippen LogP contribution in [-0.2, 0) is 11.3 Å². The summed E-state index contributed by atoms with van der Waals surface area (Å²) in [4.78, 5) is 31.7. The number of hydrogen-bond acceptors (Lipinski definition) is 5. The Hall–Kier alpha value is -3.10. The van der Waals surface area contributed by atoms with Gasteiger partial charge in [0.1, 0.15) is 10.7 Å². The Morgan fingerprint density at radius 1 is 1.62 bits per heavy atom. The van der Waals surface area contributed by atoms with E-state index in [1.807, 2.05) is 13.0 Å². The fourth-order valence-corrected chi connectivity index (χ4v) is 3.19. The average Bonchev–Trinajstić information content (AvgIpc) is 3.10. The lowest BCUT2D eigenvalue weighted by Crippen LogP contribution is -2.34. The highest BCUT2D eigenvalue weighted by Gasteiger charge is 2.14. The number of H-pyrrole nitrogens is 1. The molecule has 0 aliphatic rings. The summed E-state index contributed by atoms with van der Waals surface area (Å²) < 4.78 is 2.10. The first-order valence-electron chi connectivity index (χ1n) is 7.10. The molecule has 2 aromatic heterocycles. The largest absolute Gasteiger partial charge is 0.348 e. The third-order valence-electron chi connectivity index (χ3n) is 3.26. The van der Waals surface area contributed by atoms with Gasteiger partial charge in [-0.1, -0.05) is 5.92 Å². The van der Waals surface area contributed by atoms with Gasteiger partial charge in [-0.25, -0.2) is 4.98 Å². The number of carbonyl (C=O) groups excluding carboxylic acids is 1. The lowest BCUT2D eigenvalue weighted by atomic mass is 10.3. The number of terminal acetylenes is 1. The highest BCUT2D eigenvalue weighted by atomic mass is 32.1. The van der Waals surface area contributed by atoms with Crippen LogP contribution in [0.2, 0.25) is 0 Å². The van der Waals surface area contributed by atoms with Crippen molar-refractivity contribution in [2.45, 2.75) is 20.4 Å². The van der Waals surface area contributed by atoms with Crippen molar-refractivity contribution in [1.82, 2.24) is 19.9 Å². The number of nitrogens with zero attached hydrogens (tertiary/aromatic N) is 3. The molecular weight excluding hydrogens is 326 g/mol. The minimum Gasteiger partial charge on any atom is -0.348 e. The van der Waals surface area contributed by atoms with E-state index in [0.29, 0.717) is 21.4 Å². The quantitative estimate of drug-likeness (QED) is 0.712. The van der Waals surface area contributed by atoms with E-state index in [2.05, 4.69) is 21.2 Å². The zero-order valence-electron chi connectivity index (χ0n) is 13.2. The molecule has 1 amide bonds. The van der Waals surface area contributed by atoms with E-state index in [4.69, 9.17) is 6.42 Å². The topological polar surface area (TPSA) is 104 Å². The van der Waals surface area contributed by atoms with E-state index < -0.39 is 5.91 Å². The van der Waals surface area contributed by atoms with Crippen molar-refractivity contribution in [3.63, 3.8) is 0 Å². The zero-order valence-corrected chi connectivity index (χ0v) is 14.0. The van der Waals surface area contributed by atoms with Crippen LogP contribution in [0.5, 0.6) is 0 Å². The van der Waals surface area contributed by atoms with Crippen molar-refractivity contribution in [1.29, 1.82) is 5.26 Å². The van der Waals surface area contributed by atoms with Gasteiger partial charge in [-0.15, -0.1) is 17.8 Å². The Morgan fingerprint density at radius 3 is 2.92 bits per heavy atom. The first-order chi connectivity index (χ1) is 11.5. The van der Waals surface area contributed by atoms with E-state index in [-0.39, 0.29) is 17.7 Å². The molecule has 0 unspecified atom stereocenters. The molecular formula is C16H15N5O2S. The van der Waals surface area contributed by atoms with Crippen molar-refractivity contribution >= 4 is 28.9 Å². The molecule has 2 N–H and O–H groups in total. The van der Waals surface area contributed by atoms with Crippen molar-refractivity contribution in [2.75, 3.05) is 6.54 Å². The highest BCUT2D eigenvalue weighted by Crippen LogP contribution is 2.00. The van der Waals surface area contributed by atoms with Gasteiger partial charge in [0.15, 0.2) is 5.57 Å². The molecule has 0 aromatic carbocycles. The summed E-state index contributed by atoms with van der Waals surface area (Å²) in [6, 6.07) is 1.86. The standard InChI is InChI=1S/C16H15N5O2S/c1-4-6-18-14(22)11(8-17)16-21(5-2)15(23)13(24-16)7-12-10(3)19-9-20-12/h1,7,9H,5-6H2,2-3H3,(H,18,22)(H,19,20)/b13-7-,16-11-.